The fourth-order valence-electron chi connectivity index (χ4n) is 4.13. The minimum Gasteiger partial charge on any atom is -0.350 e. The topological polar surface area (TPSA) is 86.8 Å². The highest BCUT2D eigenvalue weighted by atomic mass is 35.5. The molecule has 0 radical (unpaired) electrons. The first-order valence-electron chi connectivity index (χ1n) is 12.8. The average Bonchev–Trinajstić information content (AvgIpc) is 2.89. The SMILES string of the molecule is Cc1ccc(Cl)cc1N(CC(=O)N(CCc1ccccc1)[C@H](C)C(=O)NC(C)(C)C)S(=O)(=O)c1ccccc1. The van der Waals surface area contributed by atoms with Gasteiger partial charge < -0.3 is 10.2 Å². The van der Waals surface area contributed by atoms with Crippen molar-refractivity contribution in [1.82, 2.24) is 10.2 Å². The minimum atomic E-state index is -4.14. The number of carbonyl (C=O) groups is 2. The standard InChI is InChI=1S/C30H36ClN3O4S/c1-22-16-17-25(31)20-27(22)34(39(37,38)26-14-10-7-11-15-26)21-28(35)33(19-18-24-12-8-6-9-13-24)23(2)29(36)32-30(3,4)5/h6-17,20,23H,18-19,21H2,1-5H3,(H,32,36)/t23-/m1/s1. The Morgan fingerprint density at radius 1 is 0.949 bits per heavy atom. The Morgan fingerprint density at radius 2 is 1.54 bits per heavy atom. The summed E-state index contributed by atoms with van der Waals surface area (Å²) in [6, 6.07) is 21.7. The highest BCUT2D eigenvalue weighted by molar-refractivity contribution is 7.92. The van der Waals surface area contributed by atoms with Crippen molar-refractivity contribution in [3.05, 3.63) is 95.0 Å². The van der Waals surface area contributed by atoms with Gasteiger partial charge >= 0.3 is 0 Å². The van der Waals surface area contributed by atoms with E-state index in [1.165, 1.54) is 23.1 Å². The zero-order valence-electron chi connectivity index (χ0n) is 23.0. The molecule has 9 heteroatoms. The maximum atomic E-state index is 13.9. The molecule has 3 aromatic rings. The van der Waals surface area contributed by atoms with E-state index in [-0.39, 0.29) is 17.3 Å². The summed E-state index contributed by atoms with van der Waals surface area (Å²) in [4.78, 5) is 28.6. The maximum Gasteiger partial charge on any atom is 0.264 e. The van der Waals surface area contributed by atoms with E-state index >= 15 is 0 Å². The number of halogens is 1. The third-order valence-corrected chi connectivity index (χ3v) is 8.21. The van der Waals surface area contributed by atoms with E-state index in [0.717, 1.165) is 9.87 Å². The predicted molar refractivity (Wildman–Crippen MR) is 156 cm³/mol. The van der Waals surface area contributed by atoms with Gasteiger partial charge in [-0.25, -0.2) is 8.42 Å². The number of nitrogens with zero attached hydrogens (tertiary/aromatic N) is 2. The zero-order valence-corrected chi connectivity index (χ0v) is 24.6. The van der Waals surface area contributed by atoms with Gasteiger partial charge in [0.05, 0.1) is 10.6 Å². The van der Waals surface area contributed by atoms with Crippen LogP contribution in [-0.2, 0) is 26.0 Å². The highest BCUT2D eigenvalue weighted by Gasteiger charge is 2.33. The zero-order chi connectivity index (χ0) is 28.8. The predicted octanol–water partition coefficient (Wildman–Crippen LogP) is 5.22. The highest BCUT2D eigenvalue weighted by Crippen LogP contribution is 2.30. The molecule has 0 bridgehead atoms. The van der Waals surface area contributed by atoms with Crippen molar-refractivity contribution in [1.29, 1.82) is 0 Å². The summed E-state index contributed by atoms with van der Waals surface area (Å²) < 4.78 is 28.8. The lowest BCUT2D eigenvalue weighted by molar-refractivity contribution is -0.139. The molecule has 1 atom stereocenters. The van der Waals surface area contributed by atoms with Crippen LogP contribution in [0, 0.1) is 6.92 Å². The van der Waals surface area contributed by atoms with Gasteiger partial charge in [-0.3, -0.25) is 13.9 Å². The Balaban J connectivity index is 2.01. The number of amides is 2. The molecular weight excluding hydrogens is 534 g/mol. The molecule has 0 saturated carbocycles. The molecule has 0 spiro atoms. The van der Waals surface area contributed by atoms with Gasteiger partial charge in [-0.05, 0) is 76.4 Å². The number of hydrogen-bond acceptors (Lipinski definition) is 4. The molecule has 3 aromatic carbocycles. The van der Waals surface area contributed by atoms with E-state index in [9.17, 15) is 18.0 Å². The first-order valence-corrected chi connectivity index (χ1v) is 14.6. The molecule has 208 valence electrons. The lowest BCUT2D eigenvalue weighted by atomic mass is 10.1. The summed E-state index contributed by atoms with van der Waals surface area (Å²) in [5.74, 6) is -0.818. The normalized spacial score (nSPS) is 12.5. The average molecular weight is 570 g/mol. The number of rotatable bonds is 10. The summed E-state index contributed by atoms with van der Waals surface area (Å²) in [7, 11) is -4.14. The van der Waals surface area contributed by atoms with Gasteiger partial charge in [0.15, 0.2) is 0 Å². The minimum absolute atomic E-state index is 0.0477. The first-order chi connectivity index (χ1) is 18.3. The number of carbonyl (C=O) groups excluding carboxylic acids is 2. The van der Waals surface area contributed by atoms with Crippen LogP contribution in [0.25, 0.3) is 0 Å². The van der Waals surface area contributed by atoms with E-state index in [0.29, 0.717) is 22.7 Å². The number of aryl methyl sites for hydroxylation is 1. The van der Waals surface area contributed by atoms with E-state index in [1.54, 1.807) is 44.2 Å². The van der Waals surface area contributed by atoms with Crippen LogP contribution in [0.2, 0.25) is 5.02 Å². The van der Waals surface area contributed by atoms with Crippen LogP contribution >= 0.6 is 11.6 Å². The smallest absolute Gasteiger partial charge is 0.264 e. The molecule has 0 aliphatic rings. The Morgan fingerprint density at radius 3 is 2.13 bits per heavy atom. The summed E-state index contributed by atoms with van der Waals surface area (Å²) in [5, 5.41) is 3.27. The van der Waals surface area contributed by atoms with Crippen molar-refractivity contribution in [2.45, 2.75) is 57.5 Å². The lowest BCUT2D eigenvalue weighted by Crippen LogP contribution is -2.55. The Hall–Kier alpha value is -3.36. The molecule has 1 N–H and O–H groups in total. The number of benzene rings is 3. The summed E-state index contributed by atoms with van der Waals surface area (Å²) in [5.41, 5.74) is 1.44. The molecule has 3 rings (SSSR count). The molecule has 0 unspecified atom stereocenters. The third-order valence-electron chi connectivity index (χ3n) is 6.20. The van der Waals surface area contributed by atoms with Crippen LogP contribution in [0.1, 0.15) is 38.8 Å². The van der Waals surface area contributed by atoms with Gasteiger partial charge in [0, 0.05) is 17.1 Å². The van der Waals surface area contributed by atoms with Crippen LogP contribution in [0.5, 0.6) is 0 Å². The summed E-state index contributed by atoms with van der Waals surface area (Å²) >= 11 is 6.26. The second-order valence-corrected chi connectivity index (χ2v) is 12.8. The van der Waals surface area contributed by atoms with Gasteiger partial charge in [-0.15, -0.1) is 0 Å². The molecule has 0 heterocycles. The van der Waals surface area contributed by atoms with Gasteiger partial charge in [0.1, 0.15) is 12.6 Å². The van der Waals surface area contributed by atoms with Crippen molar-refractivity contribution in [2.75, 3.05) is 17.4 Å². The van der Waals surface area contributed by atoms with Gasteiger partial charge in [-0.1, -0.05) is 66.2 Å². The molecule has 0 aliphatic carbocycles. The quantitative estimate of drug-likeness (QED) is 0.363. The van der Waals surface area contributed by atoms with Gasteiger partial charge in [0.25, 0.3) is 10.0 Å². The van der Waals surface area contributed by atoms with E-state index < -0.39 is 34.1 Å². The second-order valence-electron chi connectivity index (χ2n) is 10.5. The third kappa shape index (κ3) is 8.07. The van der Waals surface area contributed by atoms with Gasteiger partial charge in [-0.2, -0.15) is 0 Å². The fourth-order valence-corrected chi connectivity index (χ4v) is 5.79. The number of hydrogen-bond donors (Lipinski definition) is 1. The molecule has 0 aliphatic heterocycles. The Labute approximate surface area is 236 Å². The molecule has 7 nitrogen and oxygen atoms in total. The van der Waals surface area contributed by atoms with Gasteiger partial charge in [0.2, 0.25) is 11.8 Å². The van der Waals surface area contributed by atoms with Crippen molar-refractivity contribution in [2.24, 2.45) is 0 Å². The van der Waals surface area contributed by atoms with E-state index in [4.69, 9.17) is 11.6 Å². The van der Waals surface area contributed by atoms with Crippen LogP contribution in [-0.4, -0.2) is 49.8 Å². The van der Waals surface area contributed by atoms with Crippen LogP contribution in [0.4, 0.5) is 5.69 Å². The number of anilines is 1. The second kappa shape index (κ2) is 12.7. The van der Waals surface area contributed by atoms with E-state index in [2.05, 4.69) is 5.32 Å². The fraction of sp³-hybridized carbons (Fsp3) is 0.333. The Kier molecular flexibility index (Phi) is 9.80. The monoisotopic (exact) mass is 569 g/mol. The van der Waals surface area contributed by atoms with Crippen LogP contribution in [0.15, 0.2) is 83.8 Å². The van der Waals surface area contributed by atoms with Crippen molar-refractivity contribution in [3.8, 4) is 0 Å². The molecule has 0 saturated heterocycles. The maximum absolute atomic E-state index is 13.9. The molecule has 2 amide bonds. The molecule has 39 heavy (non-hydrogen) atoms. The largest absolute Gasteiger partial charge is 0.350 e. The molecule has 0 aromatic heterocycles. The van der Waals surface area contributed by atoms with Crippen molar-refractivity contribution >= 4 is 39.1 Å². The summed E-state index contributed by atoms with van der Waals surface area (Å²) in [6.07, 6.45) is 0.501. The lowest BCUT2D eigenvalue weighted by Gasteiger charge is -2.33. The van der Waals surface area contributed by atoms with E-state index in [1.807, 2.05) is 51.1 Å². The van der Waals surface area contributed by atoms with Crippen LogP contribution < -0.4 is 9.62 Å². The number of nitrogens with one attached hydrogen (secondary N) is 1. The molecule has 0 fully saturated rings. The van der Waals surface area contributed by atoms with Crippen molar-refractivity contribution in [3.63, 3.8) is 0 Å². The first kappa shape index (κ1) is 30.2. The van der Waals surface area contributed by atoms with Crippen LogP contribution in [0.3, 0.4) is 0 Å². The number of sulfonamides is 1. The summed E-state index contributed by atoms with van der Waals surface area (Å²) in [6.45, 7) is 8.74. The Bertz CT molecular complexity index is 1390. The molecular formula is C30H36ClN3O4S. The van der Waals surface area contributed by atoms with Crippen molar-refractivity contribution < 1.29 is 18.0 Å².